The number of nitrogens with one attached hydrogen (secondary N) is 2. The number of hydrogen-bond donors (Lipinski definition) is 2. The van der Waals surface area contributed by atoms with Crippen LogP contribution >= 0.6 is 0 Å². The molecule has 0 saturated carbocycles. The van der Waals surface area contributed by atoms with Gasteiger partial charge in [0.2, 0.25) is 0 Å². The van der Waals surface area contributed by atoms with Gasteiger partial charge in [-0.3, -0.25) is 4.99 Å². The number of furan rings is 1. The number of nitrogens with zero attached hydrogens (tertiary/aromatic N) is 1. The molecule has 1 fully saturated rings. The van der Waals surface area contributed by atoms with Crippen molar-refractivity contribution in [3.8, 4) is 0 Å². The highest BCUT2D eigenvalue weighted by Gasteiger charge is 2.14. The Bertz CT molecular complexity index is 414. The smallest absolute Gasteiger partial charge is 0.191 e. The van der Waals surface area contributed by atoms with Gasteiger partial charge >= 0.3 is 0 Å². The van der Waals surface area contributed by atoms with E-state index in [0.717, 1.165) is 57.3 Å². The molecule has 1 saturated heterocycles. The fourth-order valence-electron chi connectivity index (χ4n) is 2.30. The van der Waals surface area contributed by atoms with Crippen LogP contribution in [0.5, 0.6) is 0 Å². The van der Waals surface area contributed by atoms with E-state index < -0.39 is 0 Å². The first kappa shape index (κ1) is 16.8. The van der Waals surface area contributed by atoms with E-state index in [1.165, 1.54) is 0 Å². The summed E-state index contributed by atoms with van der Waals surface area (Å²) >= 11 is 0. The lowest BCUT2D eigenvalue weighted by Gasteiger charge is -2.13. The van der Waals surface area contributed by atoms with Crippen LogP contribution in [0.3, 0.4) is 0 Å². The predicted octanol–water partition coefficient (Wildman–Crippen LogP) is 1.57. The molecule has 1 aliphatic heterocycles. The lowest BCUT2D eigenvalue weighted by molar-refractivity contribution is 0.117. The van der Waals surface area contributed by atoms with Crippen molar-refractivity contribution >= 4 is 5.96 Å². The molecule has 0 radical (unpaired) electrons. The van der Waals surface area contributed by atoms with Crippen molar-refractivity contribution in [1.29, 1.82) is 0 Å². The van der Waals surface area contributed by atoms with Gasteiger partial charge in [-0.25, -0.2) is 0 Å². The van der Waals surface area contributed by atoms with Crippen LogP contribution in [-0.2, 0) is 15.9 Å². The average Bonchev–Trinajstić information content (AvgIpc) is 3.21. The third kappa shape index (κ3) is 6.49. The van der Waals surface area contributed by atoms with Gasteiger partial charge in [0.15, 0.2) is 5.96 Å². The van der Waals surface area contributed by atoms with Crippen molar-refractivity contribution in [2.24, 2.45) is 4.99 Å². The van der Waals surface area contributed by atoms with E-state index in [2.05, 4.69) is 15.6 Å². The lowest BCUT2D eigenvalue weighted by atomic mass is 10.2. The first-order chi connectivity index (χ1) is 10.9. The minimum absolute atomic E-state index is 0.260. The molecule has 0 amide bonds. The minimum atomic E-state index is 0.260. The maximum absolute atomic E-state index is 5.61. The van der Waals surface area contributed by atoms with Gasteiger partial charge in [0.1, 0.15) is 5.76 Å². The molecule has 0 aliphatic carbocycles. The lowest BCUT2D eigenvalue weighted by Crippen LogP contribution is -2.40. The molecule has 6 heteroatoms. The molecule has 0 aromatic carbocycles. The van der Waals surface area contributed by atoms with Gasteiger partial charge in [0.25, 0.3) is 0 Å². The largest absolute Gasteiger partial charge is 0.469 e. The van der Waals surface area contributed by atoms with Crippen molar-refractivity contribution in [3.05, 3.63) is 24.2 Å². The van der Waals surface area contributed by atoms with Crippen LogP contribution in [0.15, 0.2) is 27.8 Å². The Labute approximate surface area is 132 Å². The zero-order valence-electron chi connectivity index (χ0n) is 13.3. The van der Waals surface area contributed by atoms with Crippen molar-refractivity contribution in [1.82, 2.24) is 10.6 Å². The molecule has 1 aromatic rings. The summed E-state index contributed by atoms with van der Waals surface area (Å²) < 4.78 is 16.3. The van der Waals surface area contributed by atoms with Gasteiger partial charge in [0, 0.05) is 32.7 Å². The van der Waals surface area contributed by atoms with Gasteiger partial charge in [-0.1, -0.05) is 0 Å². The molecule has 124 valence electrons. The SMILES string of the molecule is CCOCCNC(=NCC1CCCO1)NCCc1ccco1. The molecule has 2 rings (SSSR count). The maximum atomic E-state index is 5.61. The van der Waals surface area contributed by atoms with Gasteiger partial charge < -0.3 is 24.5 Å². The summed E-state index contributed by atoms with van der Waals surface area (Å²) in [6.07, 6.45) is 5.03. The van der Waals surface area contributed by atoms with E-state index in [1.54, 1.807) is 6.26 Å². The molecule has 1 aliphatic rings. The van der Waals surface area contributed by atoms with Crippen LogP contribution in [0, 0.1) is 0 Å². The molecule has 1 unspecified atom stereocenters. The number of hydrogen-bond acceptors (Lipinski definition) is 4. The van der Waals surface area contributed by atoms with Crippen LogP contribution in [0.1, 0.15) is 25.5 Å². The summed E-state index contributed by atoms with van der Waals surface area (Å²) in [5, 5.41) is 6.61. The highest BCUT2D eigenvalue weighted by atomic mass is 16.5. The average molecular weight is 309 g/mol. The van der Waals surface area contributed by atoms with Crippen molar-refractivity contribution in [3.63, 3.8) is 0 Å². The Hall–Kier alpha value is -1.53. The normalized spacial score (nSPS) is 18.6. The minimum Gasteiger partial charge on any atom is -0.469 e. The standard InChI is InChI=1S/C16H27N3O3/c1-2-20-12-9-18-16(19-13-15-6-4-11-22-15)17-8-7-14-5-3-10-21-14/h3,5,10,15H,2,4,6-9,11-13H2,1H3,(H2,17,18,19). The summed E-state index contributed by atoms with van der Waals surface area (Å²) in [5.74, 6) is 1.78. The molecular weight excluding hydrogens is 282 g/mol. The number of rotatable bonds is 9. The van der Waals surface area contributed by atoms with Crippen LogP contribution in [-0.4, -0.2) is 51.5 Å². The van der Waals surface area contributed by atoms with E-state index in [9.17, 15) is 0 Å². The van der Waals surface area contributed by atoms with Crippen LogP contribution in [0.2, 0.25) is 0 Å². The first-order valence-electron chi connectivity index (χ1n) is 8.12. The van der Waals surface area contributed by atoms with Gasteiger partial charge in [-0.05, 0) is 31.9 Å². The van der Waals surface area contributed by atoms with Gasteiger partial charge in [0.05, 0.1) is 25.5 Å². The zero-order chi connectivity index (χ0) is 15.5. The molecule has 0 bridgehead atoms. The highest BCUT2D eigenvalue weighted by Crippen LogP contribution is 2.11. The second-order valence-corrected chi connectivity index (χ2v) is 5.20. The summed E-state index contributed by atoms with van der Waals surface area (Å²) in [7, 11) is 0. The topological polar surface area (TPSA) is 68.0 Å². The van der Waals surface area contributed by atoms with Crippen molar-refractivity contribution in [2.75, 3.05) is 39.5 Å². The first-order valence-corrected chi connectivity index (χ1v) is 8.12. The third-order valence-corrected chi connectivity index (χ3v) is 3.46. The van der Waals surface area contributed by atoms with Gasteiger partial charge in [-0.15, -0.1) is 0 Å². The summed E-state index contributed by atoms with van der Waals surface area (Å²) in [6.45, 7) is 6.48. The van der Waals surface area contributed by atoms with Crippen LogP contribution in [0.4, 0.5) is 0 Å². The Kier molecular flexibility index (Phi) is 7.83. The fraction of sp³-hybridized carbons (Fsp3) is 0.688. The Morgan fingerprint density at radius 3 is 3.05 bits per heavy atom. The van der Waals surface area contributed by atoms with E-state index in [0.29, 0.717) is 13.2 Å². The van der Waals surface area contributed by atoms with Crippen molar-refractivity contribution < 1.29 is 13.9 Å². The van der Waals surface area contributed by atoms with E-state index >= 15 is 0 Å². The van der Waals surface area contributed by atoms with E-state index in [4.69, 9.17) is 13.9 Å². The molecule has 6 nitrogen and oxygen atoms in total. The van der Waals surface area contributed by atoms with Crippen molar-refractivity contribution in [2.45, 2.75) is 32.3 Å². The molecule has 1 atom stereocenters. The van der Waals surface area contributed by atoms with Crippen LogP contribution < -0.4 is 10.6 Å². The number of aliphatic imine (C=N–C) groups is 1. The fourth-order valence-corrected chi connectivity index (χ4v) is 2.30. The molecule has 2 N–H and O–H groups in total. The Morgan fingerprint density at radius 1 is 1.41 bits per heavy atom. The van der Waals surface area contributed by atoms with Gasteiger partial charge in [-0.2, -0.15) is 0 Å². The molecular formula is C16H27N3O3. The quantitative estimate of drug-likeness (QED) is 0.412. The predicted molar refractivity (Wildman–Crippen MR) is 86.2 cm³/mol. The summed E-state index contributed by atoms with van der Waals surface area (Å²) in [4.78, 5) is 4.61. The molecule has 1 aromatic heterocycles. The van der Waals surface area contributed by atoms with Crippen LogP contribution in [0.25, 0.3) is 0 Å². The molecule has 2 heterocycles. The molecule has 22 heavy (non-hydrogen) atoms. The summed E-state index contributed by atoms with van der Waals surface area (Å²) in [6, 6.07) is 3.88. The zero-order valence-corrected chi connectivity index (χ0v) is 13.3. The monoisotopic (exact) mass is 309 g/mol. The highest BCUT2D eigenvalue weighted by molar-refractivity contribution is 5.79. The number of guanidine groups is 1. The second-order valence-electron chi connectivity index (χ2n) is 5.20. The Balaban J connectivity index is 1.73. The van der Waals surface area contributed by atoms with E-state index in [-0.39, 0.29) is 6.10 Å². The molecule has 0 spiro atoms. The number of ether oxygens (including phenoxy) is 2. The van der Waals surface area contributed by atoms with E-state index in [1.807, 2.05) is 19.1 Å². The third-order valence-electron chi connectivity index (χ3n) is 3.46. The second kappa shape index (κ2) is 10.2. The summed E-state index contributed by atoms with van der Waals surface area (Å²) in [5.41, 5.74) is 0. The maximum Gasteiger partial charge on any atom is 0.191 e. The Morgan fingerprint density at radius 2 is 2.32 bits per heavy atom.